The molecule has 2 aliphatic rings. The summed E-state index contributed by atoms with van der Waals surface area (Å²) in [7, 11) is 0. The van der Waals surface area contributed by atoms with Gasteiger partial charge in [0.05, 0.1) is 16.6 Å². The molecular formula is C29H33ClF3N5O. The molecule has 0 aliphatic carbocycles. The van der Waals surface area contributed by atoms with Gasteiger partial charge in [0.2, 0.25) is 5.91 Å². The topological polar surface area (TPSA) is 54.3 Å². The maximum atomic E-state index is 14.8. The maximum Gasteiger partial charge on any atom is 0.227 e. The van der Waals surface area contributed by atoms with Crippen LogP contribution in [0.15, 0.2) is 36.4 Å². The van der Waals surface area contributed by atoms with Crippen molar-refractivity contribution in [1.82, 2.24) is 24.6 Å². The molecule has 1 amide bonds. The van der Waals surface area contributed by atoms with Crippen LogP contribution in [0.5, 0.6) is 0 Å². The molecule has 5 rings (SSSR count). The van der Waals surface area contributed by atoms with E-state index >= 15 is 0 Å². The molecule has 208 valence electrons. The predicted molar refractivity (Wildman–Crippen MR) is 144 cm³/mol. The molecule has 6 nitrogen and oxygen atoms in total. The van der Waals surface area contributed by atoms with E-state index in [1.165, 1.54) is 24.3 Å². The van der Waals surface area contributed by atoms with Crippen LogP contribution in [0.25, 0.3) is 5.69 Å². The molecule has 2 aliphatic heterocycles. The van der Waals surface area contributed by atoms with Crippen LogP contribution in [0.1, 0.15) is 62.7 Å². The zero-order valence-corrected chi connectivity index (χ0v) is 23.4. The van der Waals surface area contributed by atoms with Crippen LogP contribution >= 0.6 is 11.6 Å². The number of rotatable bonds is 4. The number of nitrogens with zero attached hydrogens (tertiary/aromatic N) is 5. The van der Waals surface area contributed by atoms with Crippen LogP contribution in [0.3, 0.4) is 0 Å². The zero-order valence-electron chi connectivity index (χ0n) is 22.6. The number of piperidine rings is 1. The van der Waals surface area contributed by atoms with Gasteiger partial charge in [-0.15, -0.1) is 0 Å². The van der Waals surface area contributed by atoms with Gasteiger partial charge in [-0.2, -0.15) is 5.10 Å². The highest BCUT2D eigenvalue weighted by Crippen LogP contribution is 2.39. The van der Waals surface area contributed by atoms with Crippen molar-refractivity contribution in [2.75, 3.05) is 26.2 Å². The summed E-state index contributed by atoms with van der Waals surface area (Å²) in [6.45, 7) is 10.1. The predicted octanol–water partition coefficient (Wildman–Crippen LogP) is 5.87. The Morgan fingerprint density at radius 2 is 1.72 bits per heavy atom. The highest BCUT2D eigenvalue weighted by molar-refractivity contribution is 6.30. The Balaban J connectivity index is 1.34. The number of hydrogen-bond donors (Lipinski definition) is 0. The Kier molecular flexibility index (Phi) is 7.50. The highest BCUT2D eigenvalue weighted by Gasteiger charge is 2.45. The maximum absolute atomic E-state index is 14.8. The standard InChI is InChI=1S/C29H33ClF3N5O/c1-17-34-27(38(35-17)20-6-8-24(30)26(33)14-20)18-9-11-36(12-10-18)28(39)23-16-37(29(2,3)4)15-22(23)21-7-5-19(31)13-25(21)32/h5-8,13-14,18,22-23H,9-12,15-16H2,1-4H3/t22-,23+/m0/s1. The number of hydrogen-bond acceptors (Lipinski definition) is 4. The Hall–Kier alpha value is -2.91. The molecule has 10 heteroatoms. The lowest BCUT2D eigenvalue weighted by Gasteiger charge is -2.35. The average Bonchev–Trinajstić information content (AvgIpc) is 3.50. The van der Waals surface area contributed by atoms with Gasteiger partial charge in [-0.05, 0) is 64.3 Å². The molecular weight excluding hydrogens is 527 g/mol. The molecule has 0 radical (unpaired) electrons. The van der Waals surface area contributed by atoms with Crippen LogP contribution in [0, 0.1) is 30.3 Å². The van der Waals surface area contributed by atoms with Crippen molar-refractivity contribution < 1.29 is 18.0 Å². The second-order valence-electron chi connectivity index (χ2n) is 11.6. The van der Waals surface area contributed by atoms with E-state index < -0.39 is 23.4 Å². The van der Waals surface area contributed by atoms with Gasteiger partial charge in [-0.3, -0.25) is 9.69 Å². The van der Waals surface area contributed by atoms with Crippen molar-refractivity contribution in [3.63, 3.8) is 0 Å². The quantitative estimate of drug-likeness (QED) is 0.401. The molecule has 0 bridgehead atoms. The van der Waals surface area contributed by atoms with Crippen molar-refractivity contribution in [1.29, 1.82) is 0 Å². The zero-order chi connectivity index (χ0) is 28.1. The third-order valence-corrected chi connectivity index (χ3v) is 8.31. The molecule has 2 atom stereocenters. The summed E-state index contributed by atoms with van der Waals surface area (Å²) < 4.78 is 44.3. The van der Waals surface area contributed by atoms with Crippen molar-refractivity contribution in [2.24, 2.45) is 5.92 Å². The second kappa shape index (κ2) is 10.6. The SMILES string of the molecule is Cc1nc(C2CCN(C(=O)[C@@H]3CN(C(C)(C)C)C[C@H]3c3ccc(F)cc3F)CC2)n(-c2ccc(Cl)c(F)c2)n1. The molecule has 0 N–H and O–H groups in total. The van der Waals surface area contributed by atoms with Crippen molar-refractivity contribution >= 4 is 17.5 Å². The van der Waals surface area contributed by atoms with Gasteiger partial charge in [0.1, 0.15) is 29.1 Å². The van der Waals surface area contributed by atoms with Crippen LogP contribution in [-0.2, 0) is 4.79 Å². The Labute approximate surface area is 231 Å². The monoisotopic (exact) mass is 559 g/mol. The third kappa shape index (κ3) is 5.57. The highest BCUT2D eigenvalue weighted by atomic mass is 35.5. The molecule has 3 aromatic rings. The van der Waals surface area contributed by atoms with E-state index in [4.69, 9.17) is 11.6 Å². The number of benzene rings is 2. The number of carbonyl (C=O) groups excluding carboxylic acids is 1. The first-order valence-electron chi connectivity index (χ1n) is 13.3. The molecule has 2 fully saturated rings. The van der Waals surface area contributed by atoms with Gasteiger partial charge in [0.15, 0.2) is 0 Å². The van der Waals surface area contributed by atoms with Crippen molar-refractivity contribution in [3.05, 3.63) is 76.1 Å². The van der Waals surface area contributed by atoms with Crippen molar-refractivity contribution in [2.45, 2.75) is 57.9 Å². The Bertz CT molecular complexity index is 1380. The summed E-state index contributed by atoms with van der Waals surface area (Å²) in [4.78, 5) is 22.5. The number of carbonyl (C=O) groups is 1. The fourth-order valence-corrected chi connectivity index (χ4v) is 5.93. The first kappa shape index (κ1) is 27.6. The van der Waals surface area contributed by atoms with E-state index in [9.17, 15) is 18.0 Å². The Morgan fingerprint density at radius 3 is 2.36 bits per heavy atom. The third-order valence-electron chi connectivity index (χ3n) is 8.01. The molecule has 39 heavy (non-hydrogen) atoms. The molecule has 2 saturated heterocycles. The second-order valence-corrected chi connectivity index (χ2v) is 12.0. The van der Waals surface area contributed by atoms with Gasteiger partial charge in [-0.25, -0.2) is 22.8 Å². The van der Waals surface area contributed by atoms with Gasteiger partial charge in [0, 0.05) is 55.7 Å². The first-order chi connectivity index (χ1) is 18.4. The van der Waals surface area contributed by atoms with Gasteiger partial charge in [0.25, 0.3) is 0 Å². The molecule has 0 unspecified atom stereocenters. The first-order valence-corrected chi connectivity index (χ1v) is 13.7. The summed E-state index contributed by atoms with van der Waals surface area (Å²) in [5.74, 6) is -1.22. The van der Waals surface area contributed by atoms with E-state index in [2.05, 4.69) is 35.8 Å². The van der Waals surface area contributed by atoms with E-state index in [0.29, 0.717) is 56.1 Å². The summed E-state index contributed by atoms with van der Waals surface area (Å²) in [6, 6.07) is 8.18. The average molecular weight is 560 g/mol. The smallest absolute Gasteiger partial charge is 0.227 e. The summed E-state index contributed by atoms with van der Waals surface area (Å²) in [5.41, 5.74) is 0.735. The number of aryl methyl sites for hydroxylation is 1. The van der Waals surface area contributed by atoms with Crippen LogP contribution in [0.2, 0.25) is 5.02 Å². The van der Waals surface area contributed by atoms with E-state index in [1.807, 2.05) is 4.90 Å². The fraction of sp³-hybridized carbons (Fsp3) is 0.483. The lowest BCUT2D eigenvalue weighted by molar-refractivity contribution is -0.136. The largest absolute Gasteiger partial charge is 0.342 e. The number of amides is 1. The Morgan fingerprint density at radius 1 is 1.00 bits per heavy atom. The summed E-state index contributed by atoms with van der Waals surface area (Å²) >= 11 is 5.86. The van der Waals surface area contributed by atoms with Crippen LogP contribution < -0.4 is 0 Å². The normalized spacial score (nSPS) is 21.1. The van der Waals surface area contributed by atoms with Crippen LogP contribution in [0.4, 0.5) is 13.2 Å². The lowest BCUT2D eigenvalue weighted by Crippen LogP contribution is -2.44. The van der Waals surface area contributed by atoms with Gasteiger partial charge < -0.3 is 4.90 Å². The molecule has 1 aromatic heterocycles. The molecule has 0 saturated carbocycles. The minimum Gasteiger partial charge on any atom is -0.342 e. The van der Waals surface area contributed by atoms with E-state index in [-0.39, 0.29) is 28.3 Å². The minimum atomic E-state index is -0.628. The van der Waals surface area contributed by atoms with E-state index in [1.54, 1.807) is 17.7 Å². The fourth-order valence-electron chi connectivity index (χ4n) is 5.81. The number of aromatic nitrogens is 3. The molecule has 2 aromatic carbocycles. The molecule has 0 spiro atoms. The van der Waals surface area contributed by atoms with Crippen molar-refractivity contribution in [3.8, 4) is 5.69 Å². The minimum absolute atomic E-state index is 0.00801. The van der Waals surface area contributed by atoms with Gasteiger partial charge in [-0.1, -0.05) is 17.7 Å². The number of halogens is 4. The van der Waals surface area contributed by atoms with Crippen LogP contribution in [-0.4, -0.2) is 62.2 Å². The molecule has 3 heterocycles. The lowest BCUT2D eigenvalue weighted by atomic mass is 9.86. The van der Waals surface area contributed by atoms with Gasteiger partial charge >= 0.3 is 0 Å². The number of likely N-dealkylation sites (tertiary alicyclic amines) is 2. The summed E-state index contributed by atoms with van der Waals surface area (Å²) in [6.07, 6.45) is 1.34. The van der Waals surface area contributed by atoms with E-state index in [0.717, 1.165) is 11.9 Å². The summed E-state index contributed by atoms with van der Waals surface area (Å²) in [5, 5.41) is 4.52.